The Kier molecular flexibility index (Phi) is 3.68. The Hall–Kier alpha value is -3.22. The minimum absolute atomic E-state index is 0.0580. The van der Waals surface area contributed by atoms with Crippen LogP contribution in [0.1, 0.15) is 29.2 Å². The predicted molar refractivity (Wildman–Crippen MR) is 92.0 cm³/mol. The topological polar surface area (TPSA) is 81.9 Å². The molecule has 1 N–H and O–H groups in total. The summed E-state index contributed by atoms with van der Waals surface area (Å²) in [6, 6.07) is 9.53. The van der Waals surface area contributed by atoms with Crippen molar-refractivity contribution in [2.75, 3.05) is 12.4 Å². The van der Waals surface area contributed by atoms with Crippen molar-refractivity contribution < 1.29 is 9.53 Å². The molecule has 126 valence electrons. The van der Waals surface area contributed by atoms with Crippen molar-refractivity contribution in [1.82, 2.24) is 19.7 Å². The normalized spacial score (nSPS) is 16.2. The lowest BCUT2D eigenvalue weighted by molar-refractivity contribution is -0.116. The van der Waals surface area contributed by atoms with Crippen LogP contribution in [0.2, 0.25) is 0 Å². The van der Waals surface area contributed by atoms with E-state index in [1.54, 1.807) is 30.3 Å². The third kappa shape index (κ3) is 2.63. The second-order valence-electron chi connectivity index (χ2n) is 5.89. The summed E-state index contributed by atoms with van der Waals surface area (Å²) in [5.41, 5.74) is 2.85. The standard InChI is InChI=1S/C18H17N5O2/c1-11-16-14(12-5-3-6-13(9-12)25-2)10-15(24)21-17(16)23(22-11)18-19-7-4-8-20-18/h3-9,14H,10H2,1-2H3,(H,21,24)/t14-/m1/s1. The zero-order chi connectivity index (χ0) is 17.4. The Labute approximate surface area is 144 Å². The molecule has 2 aromatic heterocycles. The van der Waals surface area contributed by atoms with Crippen molar-refractivity contribution in [2.24, 2.45) is 0 Å². The number of rotatable bonds is 3. The maximum absolute atomic E-state index is 12.3. The summed E-state index contributed by atoms with van der Waals surface area (Å²) in [5.74, 6) is 1.68. The van der Waals surface area contributed by atoms with E-state index < -0.39 is 0 Å². The molecule has 1 aliphatic heterocycles. The van der Waals surface area contributed by atoms with Crippen molar-refractivity contribution in [3.63, 3.8) is 0 Å². The van der Waals surface area contributed by atoms with Gasteiger partial charge in [0.2, 0.25) is 5.91 Å². The minimum Gasteiger partial charge on any atom is -0.497 e. The van der Waals surface area contributed by atoms with Gasteiger partial charge in [-0.05, 0) is 30.7 Å². The first-order valence-electron chi connectivity index (χ1n) is 7.98. The quantitative estimate of drug-likeness (QED) is 0.795. The van der Waals surface area contributed by atoms with Crippen LogP contribution in [0, 0.1) is 6.92 Å². The number of fused-ring (bicyclic) bond motifs is 1. The van der Waals surface area contributed by atoms with E-state index in [9.17, 15) is 4.79 Å². The van der Waals surface area contributed by atoms with E-state index in [1.165, 1.54) is 0 Å². The van der Waals surface area contributed by atoms with Gasteiger partial charge in [-0.2, -0.15) is 9.78 Å². The van der Waals surface area contributed by atoms with E-state index in [1.807, 2.05) is 31.2 Å². The van der Waals surface area contributed by atoms with Crippen LogP contribution >= 0.6 is 0 Å². The zero-order valence-corrected chi connectivity index (χ0v) is 13.9. The summed E-state index contributed by atoms with van der Waals surface area (Å²) < 4.78 is 6.92. The number of methoxy groups -OCH3 is 1. The molecule has 0 spiro atoms. The van der Waals surface area contributed by atoms with Gasteiger partial charge in [0.15, 0.2) is 0 Å². The molecule has 0 unspecified atom stereocenters. The fourth-order valence-corrected chi connectivity index (χ4v) is 3.24. The Balaban J connectivity index is 1.87. The lowest BCUT2D eigenvalue weighted by atomic mass is 9.86. The van der Waals surface area contributed by atoms with E-state index in [-0.39, 0.29) is 11.8 Å². The number of benzene rings is 1. The van der Waals surface area contributed by atoms with Crippen molar-refractivity contribution in [3.05, 3.63) is 59.5 Å². The molecule has 3 aromatic rings. The molecule has 0 radical (unpaired) electrons. The van der Waals surface area contributed by atoms with Crippen molar-refractivity contribution in [2.45, 2.75) is 19.3 Å². The molecule has 1 atom stereocenters. The number of carbonyl (C=O) groups is 1. The Morgan fingerprint density at radius 2 is 2.04 bits per heavy atom. The molecular formula is C18H17N5O2. The monoisotopic (exact) mass is 335 g/mol. The molecule has 0 saturated heterocycles. The van der Waals surface area contributed by atoms with E-state index in [0.717, 1.165) is 22.6 Å². The highest BCUT2D eigenvalue weighted by Crippen LogP contribution is 2.40. The number of hydrogen-bond acceptors (Lipinski definition) is 5. The second-order valence-corrected chi connectivity index (χ2v) is 5.89. The summed E-state index contributed by atoms with van der Waals surface area (Å²) in [4.78, 5) is 20.8. The highest BCUT2D eigenvalue weighted by Gasteiger charge is 2.33. The first-order valence-corrected chi connectivity index (χ1v) is 7.98. The van der Waals surface area contributed by atoms with Gasteiger partial charge in [-0.1, -0.05) is 12.1 Å². The van der Waals surface area contributed by atoms with Gasteiger partial charge in [-0.25, -0.2) is 9.97 Å². The van der Waals surface area contributed by atoms with Gasteiger partial charge in [-0.15, -0.1) is 0 Å². The molecular weight excluding hydrogens is 318 g/mol. The number of amides is 1. The predicted octanol–water partition coefficient (Wildman–Crippen LogP) is 2.45. The number of ether oxygens (including phenoxy) is 1. The van der Waals surface area contributed by atoms with E-state index in [4.69, 9.17) is 4.74 Å². The number of aromatic nitrogens is 4. The molecule has 4 rings (SSSR count). The van der Waals surface area contributed by atoms with E-state index in [2.05, 4.69) is 20.4 Å². The lowest BCUT2D eigenvalue weighted by Crippen LogP contribution is -2.25. The number of nitrogens with one attached hydrogen (secondary N) is 1. The molecule has 25 heavy (non-hydrogen) atoms. The van der Waals surface area contributed by atoms with Gasteiger partial charge in [0.1, 0.15) is 11.6 Å². The van der Waals surface area contributed by atoms with Gasteiger partial charge in [-0.3, -0.25) is 4.79 Å². The highest BCUT2D eigenvalue weighted by atomic mass is 16.5. The molecule has 0 fully saturated rings. The maximum atomic E-state index is 12.3. The molecule has 7 heteroatoms. The van der Waals surface area contributed by atoms with Crippen molar-refractivity contribution >= 4 is 11.7 Å². The number of hydrogen-bond donors (Lipinski definition) is 1. The van der Waals surface area contributed by atoms with Crippen molar-refractivity contribution in [1.29, 1.82) is 0 Å². The number of carbonyl (C=O) groups excluding carboxylic acids is 1. The third-order valence-corrected chi connectivity index (χ3v) is 4.34. The van der Waals surface area contributed by atoms with Crippen LogP contribution in [-0.2, 0) is 4.79 Å². The van der Waals surface area contributed by atoms with Crippen LogP contribution in [0.15, 0.2) is 42.7 Å². The second kappa shape index (κ2) is 6.01. The lowest BCUT2D eigenvalue weighted by Gasteiger charge is -2.24. The summed E-state index contributed by atoms with van der Waals surface area (Å²) in [7, 11) is 1.63. The molecule has 7 nitrogen and oxygen atoms in total. The highest BCUT2D eigenvalue weighted by molar-refractivity contribution is 5.95. The van der Waals surface area contributed by atoms with Crippen LogP contribution in [0.25, 0.3) is 5.95 Å². The first kappa shape index (κ1) is 15.3. The van der Waals surface area contributed by atoms with Crippen molar-refractivity contribution in [3.8, 4) is 11.7 Å². The van der Waals surface area contributed by atoms with E-state index in [0.29, 0.717) is 18.2 Å². The number of anilines is 1. The van der Waals surface area contributed by atoms with Crippen LogP contribution in [0.3, 0.4) is 0 Å². The molecule has 0 bridgehead atoms. The van der Waals surface area contributed by atoms with Crippen LogP contribution in [0.4, 0.5) is 5.82 Å². The Bertz CT molecular complexity index is 936. The molecule has 1 aromatic carbocycles. The summed E-state index contributed by atoms with van der Waals surface area (Å²) in [5, 5.41) is 7.49. The first-order chi connectivity index (χ1) is 12.2. The van der Waals surface area contributed by atoms with E-state index >= 15 is 0 Å². The number of nitrogens with zero attached hydrogens (tertiary/aromatic N) is 4. The fraction of sp³-hybridized carbons (Fsp3) is 0.222. The third-order valence-electron chi connectivity index (χ3n) is 4.34. The number of aryl methyl sites for hydroxylation is 1. The molecule has 1 amide bonds. The largest absolute Gasteiger partial charge is 0.497 e. The Morgan fingerprint density at radius 1 is 1.24 bits per heavy atom. The summed E-state index contributed by atoms with van der Waals surface area (Å²) in [6.07, 6.45) is 3.66. The van der Waals surface area contributed by atoms with Gasteiger partial charge in [0, 0.05) is 30.3 Å². The SMILES string of the molecule is COc1cccc([C@H]2CC(=O)Nc3c2c(C)nn3-c2ncccn2)c1. The Morgan fingerprint density at radius 3 is 2.80 bits per heavy atom. The molecule has 1 aliphatic rings. The summed E-state index contributed by atoms with van der Waals surface area (Å²) in [6.45, 7) is 1.93. The maximum Gasteiger partial charge on any atom is 0.252 e. The summed E-state index contributed by atoms with van der Waals surface area (Å²) >= 11 is 0. The fourth-order valence-electron chi connectivity index (χ4n) is 3.24. The van der Waals surface area contributed by atoms with Gasteiger partial charge in [0.25, 0.3) is 5.95 Å². The van der Waals surface area contributed by atoms with Crippen LogP contribution in [0.5, 0.6) is 5.75 Å². The molecule has 0 aliphatic carbocycles. The molecule has 3 heterocycles. The van der Waals surface area contributed by atoms with Gasteiger partial charge >= 0.3 is 0 Å². The van der Waals surface area contributed by atoms with Crippen LogP contribution in [-0.4, -0.2) is 32.8 Å². The zero-order valence-electron chi connectivity index (χ0n) is 13.9. The minimum atomic E-state index is -0.0867. The molecule has 0 saturated carbocycles. The average Bonchev–Trinajstić information content (AvgIpc) is 2.98. The smallest absolute Gasteiger partial charge is 0.252 e. The average molecular weight is 335 g/mol. The van der Waals surface area contributed by atoms with Crippen LogP contribution < -0.4 is 10.1 Å². The van der Waals surface area contributed by atoms with Gasteiger partial charge < -0.3 is 10.1 Å². The van der Waals surface area contributed by atoms with Gasteiger partial charge in [0.05, 0.1) is 12.8 Å².